The predicted molar refractivity (Wildman–Crippen MR) is 109 cm³/mol. The smallest absolute Gasteiger partial charge is 0.251 e. The first-order valence-electron chi connectivity index (χ1n) is 8.90. The van der Waals surface area contributed by atoms with Gasteiger partial charge in [0.15, 0.2) is 0 Å². The van der Waals surface area contributed by atoms with Crippen LogP contribution in [0.5, 0.6) is 5.75 Å². The molecule has 3 rings (SSSR count). The summed E-state index contributed by atoms with van der Waals surface area (Å²) in [7, 11) is 5.67. The van der Waals surface area contributed by atoms with E-state index in [-0.39, 0.29) is 0 Å². The number of nitrogens with zero attached hydrogens (tertiary/aromatic N) is 1. The molecule has 140 valence electrons. The molecule has 1 heterocycles. The number of ether oxygens (including phenoxy) is 1. The van der Waals surface area contributed by atoms with Crippen molar-refractivity contribution in [2.24, 2.45) is 5.73 Å². The van der Waals surface area contributed by atoms with Gasteiger partial charge in [0.25, 0.3) is 5.91 Å². The van der Waals surface area contributed by atoms with Crippen molar-refractivity contribution in [2.75, 3.05) is 27.7 Å². The standard InChI is InChI=1S/C22H25N3O2/c1-25(2)13-12-18-19(22(23)26)21(15-8-5-4-6-9-15)24-20(18)16-10-7-11-17(14-16)27-3/h4-11,14,24H,12-13H2,1-3H3,(H2,23,26). The first kappa shape index (κ1) is 18.7. The van der Waals surface area contributed by atoms with Gasteiger partial charge in [-0.3, -0.25) is 4.79 Å². The van der Waals surface area contributed by atoms with Crippen LogP contribution in [0.3, 0.4) is 0 Å². The maximum Gasteiger partial charge on any atom is 0.251 e. The Labute approximate surface area is 159 Å². The molecule has 1 aromatic heterocycles. The van der Waals surface area contributed by atoms with Crippen LogP contribution >= 0.6 is 0 Å². The summed E-state index contributed by atoms with van der Waals surface area (Å²) in [5.74, 6) is 0.343. The van der Waals surface area contributed by atoms with Gasteiger partial charge in [-0.2, -0.15) is 0 Å². The predicted octanol–water partition coefficient (Wildman–Crippen LogP) is 3.56. The summed E-state index contributed by atoms with van der Waals surface area (Å²) in [5.41, 5.74) is 10.9. The summed E-state index contributed by atoms with van der Waals surface area (Å²) in [6.45, 7) is 0.809. The molecule has 5 heteroatoms. The third kappa shape index (κ3) is 4.04. The van der Waals surface area contributed by atoms with E-state index in [1.807, 2.05) is 68.7 Å². The Morgan fingerprint density at radius 1 is 1.04 bits per heavy atom. The second-order valence-electron chi connectivity index (χ2n) is 6.74. The van der Waals surface area contributed by atoms with Crippen LogP contribution in [0.1, 0.15) is 15.9 Å². The van der Waals surface area contributed by atoms with Crippen LogP contribution in [0, 0.1) is 0 Å². The highest BCUT2D eigenvalue weighted by Gasteiger charge is 2.23. The molecule has 0 saturated carbocycles. The van der Waals surface area contributed by atoms with Crippen LogP contribution in [0.4, 0.5) is 0 Å². The lowest BCUT2D eigenvalue weighted by molar-refractivity contribution is 0.1000. The number of nitrogens with two attached hydrogens (primary N) is 1. The Hall–Kier alpha value is -3.05. The number of aromatic nitrogens is 1. The number of rotatable bonds is 7. The average Bonchev–Trinajstić information content (AvgIpc) is 3.07. The minimum atomic E-state index is -0.423. The first-order chi connectivity index (χ1) is 13.0. The molecule has 0 radical (unpaired) electrons. The Balaban J connectivity index is 2.22. The van der Waals surface area contributed by atoms with Crippen LogP contribution in [-0.2, 0) is 6.42 Å². The number of benzene rings is 2. The quantitative estimate of drug-likeness (QED) is 0.674. The number of carbonyl (C=O) groups is 1. The Bertz CT molecular complexity index is 930. The van der Waals surface area contributed by atoms with Gasteiger partial charge in [0.1, 0.15) is 5.75 Å². The molecule has 3 N–H and O–H groups in total. The maximum atomic E-state index is 12.4. The molecule has 0 aliphatic heterocycles. The molecule has 0 saturated heterocycles. The second kappa shape index (κ2) is 8.10. The molecule has 0 unspecified atom stereocenters. The molecular weight excluding hydrogens is 338 g/mol. The van der Waals surface area contributed by atoms with E-state index in [2.05, 4.69) is 9.88 Å². The summed E-state index contributed by atoms with van der Waals surface area (Å²) in [6.07, 6.45) is 0.709. The van der Waals surface area contributed by atoms with E-state index in [1.165, 1.54) is 0 Å². The van der Waals surface area contributed by atoms with Crippen molar-refractivity contribution < 1.29 is 9.53 Å². The van der Waals surface area contributed by atoms with E-state index < -0.39 is 5.91 Å². The number of carbonyl (C=O) groups excluding carboxylic acids is 1. The molecule has 0 aliphatic rings. The largest absolute Gasteiger partial charge is 0.497 e. The molecule has 0 spiro atoms. The molecule has 1 amide bonds. The van der Waals surface area contributed by atoms with Gasteiger partial charge in [-0.15, -0.1) is 0 Å². The van der Waals surface area contributed by atoms with Crippen molar-refractivity contribution in [1.82, 2.24) is 9.88 Å². The molecule has 3 aromatic rings. The molecule has 2 aromatic carbocycles. The average molecular weight is 363 g/mol. The molecule has 0 atom stereocenters. The van der Waals surface area contributed by atoms with Gasteiger partial charge in [-0.25, -0.2) is 0 Å². The fourth-order valence-corrected chi connectivity index (χ4v) is 3.24. The SMILES string of the molecule is COc1cccc(-c2[nH]c(-c3ccccc3)c(C(N)=O)c2CCN(C)C)c1. The summed E-state index contributed by atoms with van der Waals surface area (Å²) < 4.78 is 5.37. The highest BCUT2D eigenvalue weighted by Crippen LogP contribution is 2.35. The van der Waals surface area contributed by atoms with Crippen molar-refractivity contribution in [3.63, 3.8) is 0 Å². The highest BCUT2D eigenvalue weighted by atomic mass is 16.5. The third-order valence-electron chi connectivity index (χ3n) is 4.58. The summed E-state index contributed by atoms with van der Waals surface area (Å²) in [5, 5.41) is 0. The topological polar surface area (TPSA) is 71.3 Å². The third-order valence-corrected chi connectivity index (χ3v) is 4.58. The summed E-state index contributed by atoms with van der Waals surface area (Å²) in [4.78, 5) is 17.9. The fraction of sp³-hybridized carbons (Fsp3) is 0.227. The van der Waals surface area contributed by atoms with Crippen LogP contribution in [0.2, 0.25) is 0 Å². The normalized spacial score (nSPS) is 11.0. The van der Waals surface area contributed by atoms with Crippen LogP contribution < -0.4 is 10.5 Å². The number of H-pyrrole nitrogens is 1. The van der Waals surface area contributed by atoms with E-state index in [0.717, 1.165) is 40.4 Å². The zero-order valence-electron chi connectivity index (χ0n) is 16.0. The van der Waals surface area contributed by atoms with Crippen molar-refractivity contribution >= 4 is 5.91 Å². The molecule has 0 aliphatic carbocycles. The number of hydrogen-bond acceptors (Lipinski definition) is 3. The van der Waals surface area contributed by atoms with E-state index in [0.29, 0.717) is 12.0 Å². The number of likely N-dealkylation sites (N-methyl/N-ethyl adjacent to an activating group) is 1. The van der Waals surface area contributed by atoms with E-state index in [4.69, 9.17) is 10.5 Å². The van der Waals surface area contributed by atoms with Gasteiger partial charge in [0.05, 0.1) is 24.1 Å². The lowest BCUT2D eigenvalue weighted by atomic mass is 9.98. The van der Waals surface area contributed by atoms with Gasteiger partial charge < -0.3 is 20.4 Å². The number of amides is 1. The Morgan fingerprint density at radius 2 is 1.74 bits per heavy atom. The van der Waals surface area contributed by atoms with Crippen LogP contribution in [0.15, 0.2) is 54.6 Å². The minimum Gasteiger partial charge on any atom is -0.497 e. The summed E-state index contributed by atoms with van der Waals surface area (Å²) >= 11 is 0. The van der Waals surface area contributed by atoms with Gasteiger partial charge >= 0.3 is 0 Å². The molecule has 0 bridgehead atoms. The molecule has 0 fully saturated rings. The number of methoxy groups -OCH3 is 1. The van der Waals surface area contributed by atoms with Gasteiger partial charge in [-0.05, 0) is 43.8 Å². The monoisotopic (exact) mass is 363 g/mol. The van der Waals surface area contributed by atoms with Crippen molar-refractivity contribution in [3.8, 4) is 28.3 Å². The van der Waals surface area contributed by atoms with E-state index in [1.54, 1.807) is 7.11 Å². The minimum absolute atomic E-state index is 0.423. The number of hydrogen-bond donors (Lipinski definition) is 2. The number of nitrogens with one attached hydrogen (secondary N) is 1. The van der Waals surface area contributed by atoms with E-state index in [9.17, 15) is 4.79 Å². The van der Waals surface area contributed by atoms with Gasteiger partial charge in [-0.1, -0.05) is 42.5 Å². The van der Waals surface area contributed by atoms with E-state index >= 15 is 0 Å². The first-order valence-corrected chi connectivity index (χ1v) is 8.90. The fourth-order valence-electron chi connectivity index (χ4n) is 3.24. The maximum absolute atomic E-state index is 12.4. The van der Waals surface area contributed by atoms with Crippen molar-refractivity contribution in [2.45, 2.75) is 6.42 Å². The van der Waals surface area contributed by atoms with Crippen LogP contribution in [-0.4, -0.2) is 43.5 Å². The molecule has 5 nitrogen and oxygen atoms in total. The summed E-state index contributed by atoms with van der Waals surface area (Å²) in [6, 6.07) is 17.6. The Morgan fingerprint density at radius 3 is 2.37 bits per heavy atom. The zero-order chi connectivity index (χ0) is 19.4. The number of primary amides is 1. The van der Waals surface area contributed by atoms with Gasteiger partial charge in [0.2, 0.25) is 0 Å². The molecule has 27 heavy (non-hydrogen) atoms. The lowest BCUT2D eigenvalue weighted by Gasteiger charge is -2.12. The molecular formula is C22H25N3O2. The highest BCUT2D eigenvalue weighted by molar-refractivity contribution is 6.03. The number of aromatic amines is 1. The van der Waals surface area contributed by atoms with Crippen molar-refractivity contribution in [3.05, 3.63) is 65.7 Å². The second-order valence-corrected chi connectivity index (χ2v) is 6.74. The Kier molecular flexibility index (Phi) is 5.62. The zero-order valence-corrected chi connectivity index (χ0v) is 16.0. The van der Waals surface area contributed by atoms with Gasteiger partial charge in [0, 0.05) is 12.1 Å². The van der Waals surface area contributed by atoms with Crippen molar-refractivity contribution in [1.29, 1.82) is 0 Å². The van der Waals surface area contributed by atoms with Crippen LogP contribution in [0.25, 0.3) is 22.5 Å². The lowest BCUT2D eigenvalue weighted by Crippen LogP contribution is -2.18.